The predicted molar refractivity (Wildman–Crippen MR) is 78.7 cm³/mol. The molecule has 0 aliphatic rings. The van der Waals surface area contributed by atoms with Crippen LogP contribution in [0.15, 0.2) is 22.7 Å². The van der Waals surface area contributed by atoms with Crippen LogP contribution in [0, 0.1) is 6.92 Å². The van der Waals surface area contributed by atoms with Crippen molar-refractivity contribution in [1.29, 1.82) is 0 Å². The third-order valence-electron chi connectivity index (χ3n) is 2.69. The fourth-order valence-electron chi connectivity index (χ4n) is 1.52. The minimum Gasteiger partial charge on any atom is -0.310 e. The van der Waals surface area contributed by atoms with Gasteiger partial charge in [0.25, 0.3) is 0 Å². The first-order valence-electron chi connectivity index (χ1n) is 5.77. The first kappa shape index (κ1) is 14.9. The zero-order valence-electron chi connectivity index (χ0n) is 10.6. The monoisotopic (exact) mass is 317 g/mol. The van der Waals surface area contributed by atoms with E-state index in [0.717, 1.165) is 23.2 Å². The molecule has 2 nitrogen and oxygen atoms in total. The number of rotatable bonds is 6. The highest BCUT2D eigenvalue weighted by Crippen LogP contribution is 2.18. The number of hydrogen-bond acceptors (Lipinski definition) is 2. The van der Waals surface area contributed by atoms with Gasteiger partial charge in [0.2, 0.25) is 0 Å². The van der Waals surface area contributed by atoms with Crippen LogP contribution in [0.3, 0.4) is 0 Å². The van der Waals surface area contributed by atoms with Crippen molar-refractivity contribution in [2.45, 2.75) is 32.9 Å². The highest BCUT2D eigenvalue weighted by Gasteiger charge is 2.05. The van der Waals surface area contributed by atoms with Crippen molar-refractivity contribution in [3.8, 4) is 0 Å². The van der Waals surface area contributed by atoms with E-state index in [-0.39, 0.29) is 0 Å². The van der Waals surface area contributed by atoms with Crippen LogP contribution < -0.4 is 5.32 Å². The molecule has 1 aromatic carbocycles. The van der Waals surface area contributed by atoms with Gasteiger partial charge >= 0.3 is 0 Å². The van der Waals surface area contributed by atoms with Crippen LogP contribution in [-0.2, 0) is 17.3 Å². The maximum absolute atomic E-state index is 11.0. The molecule has 0 saturated heterocycles. The lowest BCUT2D eigenvalue weighted by Gasteiger charge is -2.14. The summed E-state index contributed by atoms with van der Waals surface area (Å²) in [7, 11) is -0.691. The number of benzene rings is 1. The van der Waals surface area contributed by atoms with Gasteiger partial charge in [-0.2, -0.15) is 0 Å². The van der Waals surface area contributed by atoms with E-state index < -0.39 is 10.8 Å². The van der Waals surface area contributed by atoms with Crippen molar-refractivity contribution in [3.63, 3.8) is 0 Å². The molecule has 0 radical (unpaired) electrons. The molecule has 1 N–H and O–H groups in total. The van der Waals surface area contributed by atoms with Crippen LogP contribution in [0.2, 0.25) is 0 Å². The Labute approximate surface area is 115 Å². The van der Waals surface area contributed by atoms with Crippen LogP contribution >= 0.6 is 15.9 Å². The molecule has 2 atom stereocenters. The molecule has 0 bridgehead atoms. The molecule has 0 saturated carbocycles. The lowest BCUT2D eigenvalue weighted by Crippen LogP contribution is -2.27. The quantitative estimate of drug-likeness (QED) is 0.874. The molecule has 0 amide bonds. The Morgan fingerprint density at radius 2 is 2.18 bits per heavy atom. The summed E-state index contributed by atoms with van der Waals surface area (Å²) in [5.41, 5.74) is 2.52. The largest absolute Gasteiger partial charge is 0.310 e. The molecule has 1 rings (SSSR count). The van der Waals surface area contributed by atoms with Gasteiger partial charge in [0.15, 0.2) is 0 Å². The number of aryl methyl sites for hydroxylation is 1. The van der Waals surface area contributed by atoms with Gasteiger partial charge in [-0.1, -0.05) is 28.1 Å². The van der Waals surface area contributed by atoms with Crippen molar-refractivity contribution in [1.82, 2.24) is 5.32 Å². The lowest BCUT2D eigenvalue weighted by molar-refractivity contribution is 0.534. The molecular formula is C13H20BrNOS. The van der Waals surface area contributed by atoms with Crippen LogP contribution in [0.4, 0.5) is 0 Å². The molecule has 4 heteroatoms. The Morgan fingerprint density at radius 3 is 2.76 bits per heavy atom. The lowest BCUT2D eigenvalue weighted by atomic mass is 10.1. The van der Waals surface area contributed by atoms with Crippen LogP contribution in [0.25, 0.3) is 0 Å². The first-order valence-corrected chi connectivity index (χ1v) is 8.29. The average Bonchev–Trinajstić information content (AvgIpc) is 2.25. The second-order valence-corrected chi connectivity index (χ2v) is 6.85. The second kappa shape index (κ2) is 7.29. The van der Waals surface area contributed by atoms with E-state index in [1.807, 2.05) is 0 Å². The smallest absolute Gasteiger partial charge is 0.0246 e. The number of nitrogens with one attached hydrogen (secondary N) is 1. The third kappa shape index (κ3) is 5.80. The van der Waals surface area contributed by atoms with Crippen molar-refractivity contribution < 1.29 is 4.21 Å². The third-order valence-corrected chi connectivity index (χ3v) is 4.24. The van der Waals surface area contributed by atoms with Crippen LogP contribution in [-0.4, -0.2) is 22.3 Å². The maximum Gasteiger partial charge on any atom is 0.0246 e. The van der Waals surface area contributed by atoms with E-state index >= 15 is 0 Å². The van der Waals surface area contributed by atoms with Gasteiger partial charge in [0.05, 0.1) is 0 Å². The highest BCUT2D eigenvalue weighted by molar-refractivity contribution is 9.10. The van der Waals surface area contributed by atoms with Gasteiger partial charge < -0.3 is 5.32 Å². The van der Waals surface area contributed by atoms with Gasteiger partial charge in [0, 0.05) is 39.9 Å². The van der Waals surface area contributed by atoms with Gasteiger partial charge in [-0.15, -0.1) is 0 Å². The van der Waals surface area contributed by atoms with Gasteiger partial charge in [0.1, 0.15) is 0 Å². The minimum absolute atomic E-state index is 0.395. The first-order chi connectivity index (χ1) is 7.99. The van der Waals surface area contributed by atoms with E-state index in [1.165, 1.54) is 11.1 Å². The molecule has 0 aliphatic heterocycles. The molecule has 1 aromatic rings. The van der Waals surface area contributed by atoms with Crippen LogP contribution in [0.5, 0.6) is 0 Å². The summed E-state index contributed by atoms with van der Waals surface area (Å²) in [6.07, 6.45) is 2.70. The summed E-state index contributed by atoms with van der Waals surface area (Å²) in [5.74, 6) is 0.767. The van der Waals surface area contributed by atoms with E-state index in [0.29, 0.717) is 6.04 Å². The summed E-state index contributed by atoms with van der Waals surface area (Å²) in [5, 5.41) is 3.45. The van der Waals surface area contributed by atoms with Crippen molar-refractivity contribution in [2.75, 3.05) is 12.0 Å². The Hall–Kier alpha value is -0.190. The fourth-order valence-corrected chi connectivity index (χ4v) is 2.84. The molecule has 0 aliphatic carbocycles. The summed E-state index contributed by atoms with van der Waals surface area (Å²) in [4.78, 5) is 0. The van der Waals surface area contributed by atoms with Gasteiger partial charge in [-0.25, -0.2) is 0 Å². The number of halogens is 1. The Morgan fingerprint density at radius 1 is 1.47 bits per heavy atom. The molecule has 2 unspecified atom stereocenters. The zero-order valence-corrected chi connectivity index (χ0v) is 13.0. The SMILES string of the molecule is Cc1ccc(CNC(C)CCS(C)=O)c(Br)c1. The molecule has 0 fully saturated rings. The summed E-state index contributed by atoms with van der Waals surface area (Å²) >= 11 is 3.57. The highest BCUT2D eigenvalue weighted by atomic mass is 79.9. The Balaban J connectivity index is 2.41. The van der Waals surface area contributed by atoms with Crippen molar-refractivity contribution >= 4 is 26.7 Å². The summed E-state index contributed by atoms with van der Waals surface area (Å²) in [6.45, 7) is 5.06. The van der Waals surface area contributed by atoms with Crippen molar-refractivity contribution in [3.05, 3.63) is 33.8 Å². The fraction of sp³-hybridized carbons (Fsp3) is 0.538. The zero-order chi connectivity index (χ0) is 12.8. The summed E-state index contributed by atoms with van der Waals surface area (Å²) < 4.78 is 12.1. The van der Waals surface area contributed by atoms with Crippen LogP contribution in [0.1, 0.15) is 24.5 Å². The maximum atomic E-state index is 11.0. The minimum atomic E-state index is -0.691. The molecule has 0 spiro atoms. The molecule has 96 valence electrons. The molecule has 17 heavy (non-hydrogen) atoms. The number of hydrogen-bond donors (Lipinski definition) is 1. The topological polar surface area (TPSA) is 29.1 Å². The van der Waals surface area contributed by atoms with Crippen molar-refractivity contribution in [2.24, 2.45) is 0 Å². The standard InChI is InChI=1S/C13H20BrNOS/c1-10-4-5-12(13(14)8-10)9-15-11(2)6-7-17(3)16/h4-5,8,11,15H,6-7,9H2,1-3H3. The molecule has 0 heterocycles. The van der Waals surface area contributed by atoms with E-state index in [2.05, 4.69) is 53.3 Å². The van der Waals surface area contributed by atoms with E-state index in [1.54, 1.807) is 6.26 Å². The van der Waals surface area contributed by atoms with Gasteiger partial charge in [-0.05, 0) is 37.5 Å². The van der Waals surface area contributed by atoms with Gasteiger partial charge in [-0.3, -0.25) is 4.21 Å². The molecular weight excluding hydrogens is 298 g/mol. The molecule has 0 aromatic heterocycles. The predicted octanol–water partition coefficient (Wildman–Crippen LogP) is 3.00. The second-order valence-electron chi connectivity index (χ2n) is 4.44. The van der Waals surface area contributed by atoms with E-state index in [4.69, 9.17) is 0 Å². The Kier molecular flexibility index (Phi) is 6.38. The average molecular weight is 318 g/mol. The van der Waals surface area contributed by atoms with E-state index in [9.17, 15) is 4.21 Å². The summed E-state index contributed by atoms with van der Waals surface area (Å²) in [6, 6.07) is 6.78. The normalized spacial score (nSPS) is 14.6. The Bertz CT molecular complexity index is 395.